The maximum absolute atomic E-state index is 13.0. The number of aromatic hydroxyl groups is 1. The molecule has 1 N–H and O–H groups in total. The fraction of sp³-hybridized carbons (Fsp3) is 0.435. The first-order valence-corrected chi connectivity index (χ1v) is 11.0. The molecule has 4 rings (SSSR count). The molecule has 0 bridgehead atoms. The number of carbonyl (C=O) groups excluding carboxylic acids is 1. The lowest BCUT2D eigenvalue weighted by Gasteiger charge is -2.20. The molecule has 0 saturated heterocycles. The maximum Gasteiger partial charge on any atom is 0.315 e. The number of nitrogens with zero attached hydrogens (tertiary/aromatic N) is 4. The van der Waals surface area contributed by atoms with Crippen molar-refractivity contribution in [3.05, 3.63) is 40.3 Å². The van der Waals surface area contributed by atoms with Crippen LogP contribution in [0.25, 0.3) is 17.1 Å². The van der Waals surface area contributed by atoms with Crippen molar-refractivity contribution in [3.8, 4) is 34.5 Å². The molecular formula is C23H26N4O7. The van der Waals surface area contributed by atoms with Crippen molar-refractivity contribution in [3.63, 3.8) is 0 Å². The second-order valence-corrected chi connectivity index (χ2v) is 7.84. The van der Waals surface area contributed by atoms with Crippen LogP contribution in [0.1, 0.15) is 37.9 Å². The number of para-hydroxylation sites is 1. The number of esters is 1. The number of methoxy groups -OCH3 is 2. The molecule has 0 spiro atoms. The van der Waals surface area contributed by atoms with Gasteiger partial charge in [0.1, 0.15) is 29.4 Å². The zero-order chi connectivity index (χ0) is 24.2. The van der Waals surface area contributed by atoms with Gasteiger partial charge in [0.15, 0.2) is 5.56 Å². The van der Waals surface area contributed by atoms with Crippen LogP contribution in [0.5, 0.6) is 17.4 Å². The van der Waals surface area contributed by atoms with E-state index in [4.69, 9.17) is 18.6 Å². The average Bonchev–Trinajstić information content (AvgIpc) is 3.55. The Balaban J connectivity index is 1.86. The first-order valence-electron chi connectivity index (χ1n) is 11.0. The molecule has 11 nitrogen and oxygen atoms in total. The van der Waals surface area contributed by atoms with E-state index in [1.54, 1.807) is 25.1 Å². The molecule has 2 aromatic heterocycles. The largest absolute Gasteiger partial charge is 0.494 e. The molecule has 0 unspecified atom stereocenters. The van der Waals surface area contributed by atoms with E-state index >= 15 is 0 Å². The number of aryl methyl sites for hydroxylation is 1. The van der Waals surface area contributed by atoms with Crippen LogP contribution >= 0.6 is 0 Å². The lowest BCUT2D eigenvalue weighted by atomic mass is 10.1. The Morgan fingerprint density at radius 2 is 1.91 bits per heavy atom. The van der Waals surface area contributed by atoms with Crippen molar-refractivity contribution in [2.24, 2.45) is 5.92 Å². The number of aromatic nitrogens is 4. The zero-order valence-electron chi connectivity index (χ0n) is 19.2. The van der Waals surface area contributed by atoms with Crippen molar-refractivity contribution in [2.75, 3.05) is 20.8 Å². The van der Waals surface area contributed by atoms with E-state index in [0.29, 0.717) is 35.3 Å². The third-order valence-corrected chi connectivity index (χ3v) is 5.52. The Hall–Kier alpha value is -3.89. The summed E-state index contributed by atoms with van der Waals surface area (Å²) in [5, 5.41) is 19.0. The number of carbonyl (C=O) groups is 1. The van der Waals surface area contributed by atoms with E-state index in [0.717, 1.165) is 19.3 Å². The van der Waals surface area contributed by atoms with E-state index < -0.39 is 17.4 Å². The molecule has 2 heterocycles. The molecule has 0 amide bonds. The average molecular weight is 470 g/mol. The van der Waals surface area contributed by atoms with Crippen molar-refractivity contribution < 1.29 is 28.5 Å². The second kappa shape index (κ2) is 9.94. The van der Waals surface area contributed by atoms with Crippen LogP contribution in [0.3, 0.4) is 0 Å². The zero-order valence-corrected chi connectivity index (χ0v) is 19.2. The van der Waals surface area contributed by atoms with E-state index in [1.807, 2.05) is 0 Å². The number of ether oxygens (including phenoxy) is 3. The van der Waals surface area contributed by atoms with Crippen molar-refractivity contribution in [1.82, 2.24) is 19.7 Å². The standard InChI is InChI=1S/C23H26N4O7/c1-4-33-18(28)12-17-25-26-22(34-17)19-21(29)24-16(11-10-13-8-9-13)27(23(19)30)20-14(31-2)6-5-7-15(20)32-3/h5-7,13,30H,4,8-12H2,1-3H3. The molecule has 1 aliphatic rings. The highest BCUT2D eigenvalue weighted by Gasteiger charge is 2.28. The van der Waals surface area contributed by atoms with Gasteiger partial charge < -0.3 is 23.7 Å². The Kier molecular flexibility index (Phi) is 6.80. The van der Waals surface area contributed by atoms with Crippen LogP contribution in [0.15, 0.2) is 27.4 Å². The summed E-state index contributed by atoms with van der Waals surface area (Å²) < 4.78 is 22.8. The molecular weight excluding hydrogens is 444 g/mol. The first kappa shape index (κ1) is 23.3. The molecule has 11 heteroatoms. The molecule has 34 heavy (non-hydrogen) atoms. The van der Waals surface area contributed by atoms with Gasteiger partial charge in [0.05, 0.1) is 20.8 Å². The lowest BCUT2D eigenvalue weighted by Crippen LogP contribution is -2.20. The minimum Gasteiger partial charge on any atom is -0.494 e. The summed E-state index contributed by atoms with van der Waals surface area (Å²) >= 11 is 0. The monoisotopic (exact) mass is 470 g/mol. The summed E-state index contributed by atoms with van der Waals surface area (Å²) in [7, 11) is 2.99. The molecule has 1 fully saturated rings. The molecule has 0 aliphatic heterocycles. The topological polar surface area (TPSA) is 139 Å². The smallest absolute Gasteiger partial charge is 0.315 e. The summed E-state index contributed by atoms with van der Waals surface area (Å²) in [6.45, 7) is 1.89. The van der Waals surface area contributed by atoms with Gasteiger partial charge in [-0.3, -0.25) is 14.2 Å². The fourth-order valence-electron chi connectivity index (χ4n) is 3.70. The van der Waals surface area contributed by atoms with Crippen molar-refractivity contribution >= 4 is 5.97 Å². The van der Waals surface area contributed by atoms with Crippen LogP contribution in [0.4, 0.5) is 0 Å². The van der Waals surface area contributed by atoms with Crippen LogP contribution in [-0.4, -0.2) is 51.7 Å². The second-order valence-electron chi connectivity index (χ2n) is 7.84. The van der Waals surface area contributed by atoms with Crippen LogP contribution in [0, 0.1) is 5.92 Å². The van der Waals surface area contributed by atoms with Gasteiger partial charge >= 0.3 is 5.97 Å². The van der Waals surface area contributed by atoms with Crippen molar-refractivity contribution in [1.29, 1.82) is 0 Å². The van der Waals surface area contributed by atoms with E-state index in [9.17, 15) is 14.7 Å². The Labute approximate surface area is 195 Å². The molecule has 1 aliphatic carbocycles. The predicted molar refractivity (Wildman–Crippen MR) is 119 cm³/mol. The minimum atomic E-state index is -0.722. The van der Waals surface area contributed by atoms with Gasteiger partial charge in [0, 0.05) is 6.42 Å². The van der Waals surface area contributed by atoms with Gasteiger partial charge in [-0.1, -0.05) is 18.9 Å². The number of rotatable bonds is 10. The molecule has 180 valence electrons. The third-order valence-electron chi connectivity index (χ3n) is 5.52. The maximum atomic E-state index is 13.0. The summed E-state index contributed by atoms with van der Waals surface area (Å²) in [4.78, 5) is 29.0. The Morgan fingerprint density at radius 1 is 1.21 bits per heavy atom. The summed E-state index contributed by atoms with van der Waals surface area (Å²) in [5.74, 6) is 0.448. The first-order chi connectivity index (χ1) is 16.5. The van der Waals surface area contributed by atoms with Gasteiger partial charge in [0.25, 0.3) is 11.4 Å². The fourth-order valence-corrected chi connectivity index (χ4v) is 3.70. The summed E-state index contributed by atoms with van der Waals surface area (Å²) in [5.41, 5.74) is -0.624. The summed E-state index contributed by atoms with van der Waals surface area (Å²) in [6.07, 6.45) is 3.30. The highest BCUT2D eigenvalue weighted by Crippen LogP contribution is 2.39. The van der Waals surface area contributed by atoms with E-state index in [1.165, 1.54) is 18.8 Å². The minimum absolute atomic E-state index is 0.0496. The van der Waals surface area contributed by atoms with E-state index in [2.05, 4.69) is 15.2 Å². The molecule has 1 saturated carbocycles. The highest BCUT2D eigenvalue weighted by molar-refractivity contribution is 5.71. The molecule has 1 aromatic carbocycles. The van der Waals surface area contributed by atoms with Gasteiger partial charge in [0.2, 0.25) is 11.8 Å². The van der Waals surface area contributed by atoms with Gasteiger partial charge in [-0.15, -0.1) is 10.2 Å². The van der Waals surface area contributed by atoms with Gasteiger partial charge in [-0.05, 0) is 31.4 Å². The number of benzene rings is 1. The SMILES string of the molecule is CCOC(=O)Cc1nnc(-c2c(O)n(-c3c(OC)cccc3OC)c(CCC3CC3)nc2=O)o1. The molecule has 0 radical (unpaired) electrons. The predicted octanol–water partition coefficient (Wildman–Crippen LogP) is 2.45. The van der Waals surface area contributed by atoms with Gasteiger partial charge in [-0.2, -0.15) is 4.98 Å². The number of hydrogen-bond acceptors (Lipinski definition) is 10. The molecule has 3 aromatic rings. The quantitative estimate of drug-likeness (QED) is 0.440. The van der Waals surface area contributed by atoms with E-state index in [-0.39, 0.29) is 30.4 Å². The number of hydrogen-bond donors (Lipinski definition) is 1. The normalized spacial score (nSPS) is 13.0. The van der Waals surface area contributed by atoms with Crippen molar-refractivity contribution in [2.45, 2.75) is 39.0 Å². The Bertz CT molecular complexity index is 1220. The lowest BCUT2D eigenvalue weighted by molar-refractivity contribution is -0.142. The highest BCUT2D eigenvalue weighted by atomic mass is 16.5. The van der Waals surface area contributed by atoms with Crippen LogP contribution < -0.4 is 15.0 Å². The van der Waals surface area contributed by atoms with Gasteiger partial charge in [-0.25, -0.2) is 0 Å². The third kappa shape index (κ3) is 4.73. The van der Waals surface area contributed by atoms with Crippen LogP contribution in [-0.2, 0) is 22.4 Å². The summed E-state index contributed by atoms with van der Waals surface area (Å²) in [6, 6.07) is 5.17. The molecule has 0 atom stereocenters. The van der Waals surface area contributed by atoms with Crippen LogP contribution in [0.2, 0.25) is 0 Å². The Morgan fingerprint density at radius 3 is 2.53 bits per heavy atom.